The fourth-order valence-electron chi connectivity index (χ4n) is 3.78. The van der Waals surface area contributed by atoms with Crippen LogP contribution in [0.15, 0.2) is 24.3 Å². The van der Waals surface area contributed by atoms with E-state index in [-0.39, 0.29) is 5.41 Å². The zero-order valence-corrected chi connectivity index (χ0v) is 13.9. The molecule has 2 aliphatic heterocycles. The van der Waals surface area contributed by atoms with Crippen molar-refractivity contribution in [2.45, 2.75) is 57.9 Å². The van der Waals surface area contributed by atoms with Crippen LogP contribution in [0.2, 0.25) is 0 Å². The topological polar surface area (TPSA) is 6.48 Å². The molecule has 2 aliphatic rings. The molecule has 0 N–H and O–H groups in total. The van der Waals surface area contributed by atoms with Crippen LogP contribution >= 0.6 is 0 Å². The van der Waals surface area contributed by atoms with Gasteiger partial charge in [0.1, 0.15) is 0 Å². The van der Waals surface area contributed by atoms with Crippen molar-refractivity contribution in [3.05, 3.63) is 29.8 Å². The summed E-state index contributed by atoms with van der Waals surface area (Å²) >= 11 is 0. The first kappa shape index (κ1) is 14.9. The van der Waals surface area contributed by atoms with Crippen molar-refractivity contribution in [1.82, 2.24) is 4.90 Å². The van der Waals surface area contributed by atoms with E-state index >= 15 is 0 Å². The van der Waals surface area contributed by atoms with E-state index in [4.69, 9.17) is 0 Å². The minimum atomic E-state index is 0.248. The van der Waals surface area contributed by atoms with E-state index in [0.29, 0.717) is 0 Å². The molecule has 0 aliphatic carbocycles. The van der Waals surface area contributed by atoms with Gasteiger partial charge >= 0.3 is 0 Å². The van der Waals surface area contributed by atoms with Gasteiger partial charge in [0.15, 0.2) is 0 Å². The zero-order valence-electron chi connectivity index (χ0n) is 13.9. The predicted octanol–water partition coefficient (Wildman–Crippen LogP) is 4.05. The summed E-state index contributed by atoms with van der Waals surface area (Å²) in [7, 11) is 0. The van der Waals surface area contributed by atoms with Crippen molar-refractivity contribution in [3.63, 3.8) is 0 Å². The van der Waals surface area contributed by atoms with Crippen molar-refractivity contribution in [2.24, 2.45) is 0 Å². The van der Waals surface area contributed by atoms with Crippen molar-refractivity contribution >= 4 is 5.69 Å². The summed E-state index contributed by atoms with van der Waals surface area (Å²) in [6.07, 6.45) is 5.50. The summed E-state index contributed by atoms with van der Waals surface area (Å²) in [5.74, 6) is 0. The Hall–Kier alpha value is -1.02. The SMILES string of the molecule is CC(C)(C)c1ccc(N2CCCN3CCCCC3C2)cc1. The molecule has 0 bridgehead atoms. The van der Waals surface area contributed by atoms with Crippen molar-refractivity contribution < 1.29 is 0 Å². The van der Waals surface area contributed by atoms with E-state index in [1.807, 2.05) is 0 Å². The molecule has 21 heavy (non-hydrogen) atoms. The van der Waals surface area contributed by atoms with Gasteiger partial charge < -0.3 is 4.90 Å². The molecule has 3 rings (SSSR count). The fourth-order valence-corrected chi connectivity index (χ4v) is 3.78. The highest BCUT2D eigenvalue weighted by molar-refractivity contribution is 5.49. The molecule has 2 fully saturated rings. The third-order valence-electron chi connectivity index (χ3n) is 5.15. The molecule has 116 valence electrons. The van der Waals surface area contributed by atoms with Gasteiger partial charge in [-0.3, -0.25) is 4.90 Å². The van der Waals surface area contributed by atoms with E-state index in [0.717, 1.165) is 6.04 Å². The summed E-state index contributed by atoms with van der Waals surface area (Å²) in [4.78, 5) is 5.34. The Morgan fingerprint density at radius 1 is 0.905 bits per heavy atom. The van der Waals surface area contributed by atoms with Crippen LogP contribution in [0.4, 0.5) is 5.69 Å². The highest BCUT2D eigenvalue weighted by Crippen LogP contribution is 2.27. The highest BCUT2D eigenvalue weighted by atomic mass is 15.2. The third kappa shape index (κ3) is 3.42. The fraction of sp³-hybridized carbons (Fsp3) is 0.684. The van der Waals surface area contributed by atoms with E-state index in [9.17, 15) is 0 Å². The molecule has 0 aromatic heterocycles. The van der Waals surface area contributed by atoms with Crippen LogP contribution in [0, 0.1) is 0 Å². The lowest BCUT2D eigenvalue weighted by Crippen LogP contribution is -2.44. The molecule has 0 amide bonds. The van der Waals surface area contributed by atoms with Crippen LogP contribution in [-0.4, -0.2) is 37.1 Å². The second-order valence-corrected chi connectivity index (χ2v) is 7.78. The average molecular weight is 286 g/mol. The number of fused-ring (bicyclic) bond motifs is 1. The number of hydrogen-bond acceptors (Lipinski definition) is 2. The van der Waals surface area contributed by atoms with Crippen molar-refractivity contribution in [3.8, 4) is 0 Å². The van der Waals surface area contributed by atoms with Gasteiger partial charge in [-0.2, -0.15) is 0 Å². The molecule has 0 radical (unpaired) electrons. The summed E-state index contributed by atoms with van der Waals surface area (Å²) < 4.78 is 0. The van der Waals surface area contributed by atoms with Gasteiger partial charge in [0.25, 0.3) is 0 Å². The average Bonchev–Trinajstić information content (AvgIpc) is 2.68. The molecular formula is C19H30N2. The summed E-state index contributed by atoms with van der Waals surface area (Å²) in [6, 6.07) is 10.1. The highest BCUT2D eigenvalue weighted by Gasteiger charge is 2.27. The van der Waals surface area contributed by atoms with Gasteiger partial charge in [-0.05, 0) is 48.9 Å². The van der Waals surface area contributed by atoms with Crippen molar-refractivity contribution in [1.29, 1.82) is 0 Å². The normalized spacial score (nSPS) is 24.5. The lowest BCUT2D eigenvalue weighted by molar-refractivity contribution is 0.162. The Labute approximate surface area is 130 Å². The summed E-state index contributed by atoms with van der Waals surface area (Å²) in [5.41, 5.74) is 3.09. The molecule has 2 saturated heterocycles. The Morgan fingerprint density at radius 3 is 2.33 bits per heavy atom. The first-order valence-electron chi connectivity index (χ1n) is 8.63. The van der Waals surface area contributed by atoms with E-state index in [1.165, 1.54) is 63.1 Å². The second kappa shape index (κ2) is 6.00. The summed E-state index contributed by atoms with van der Waals surface area (Å²) in [5, 5.41) is 0. The molecule has 0 spiro atoms. The second-order valence-electron chi connectivity index (χ2n) is 7.78. The molecule has 2 heterocycles. The number of hydrogen-bond donors (Lipinski definition) is 0. The molecule has 2 heteroatoms. The molecule has 0 saturated carbocycles. The monoisotopic (exact) mass is 286 g/mol. The predicted molar refractivity (Wildman–Crippen MR) is 91.2 cm³/mol. The minimum absolute atomic E-state index is 0.248. The van der Waals surface area contributed by atoms with E-state index in [1.54, 1.807) is 0 Å². The number of rotatable bonds is 1. The summed E-state index contributed by atoms with van der Waals surface area (Å²) in [6.45, 7) is 11.9. The van der Waals surface area contributed by atoms with Gasteiger partial charge in [-0.1, -0.05) is 39.3 Å². The Morgan fingerprint density at radius 2 is 1.62 bits per heavy atom. The van der Waals surface area contributed by atoms with Gasteiger partial charge in [0.2, 0.25) is 0 Å². The quantitative estimate of drug-likeness (QED) is 0.768. The van der Waals surface area contributed by atoms with Crippen LogP contribution in [-0.2, 0) is 5.41 Å². The van der Waals surface area contributed by atoms with Gasteiger partial charge in [-0.15, -0.1) is 0 Å². The Kier molecular flexibility index (Phi) is 4.26. The molecular weight excluding hydrogens is 256 g/mol. The maximum Gasteiger partial charge on any atom is 0.0366 e. The lowest BCUT2D eigenvalue weighted by Gasteiger charge is -2.36. The Balaban J connectivity index is 1.73. The van der Waals surface area contributed by atoms with Crippen LogP contribution in [0.1, 0.15) is 52.0 Å². The van der Waals surface area contributed by atoms with Crippen LogP contribution < -0.4 is 4.90 Å². The van der Waals surface area contributed by atoms with Crippen LogP contribution in [0.3, 0.4) is 0 Å². The largest absolute Gasteiger partial charge is 0.370 e. The van der Waals surface area contributed by atoms with Gasteiger partial charge in [-0.25, -0.2) is 0 Å². The molecule has 1 aromatic rings. The minimum Gasteiger partial charge on any atom is -0.370 e. The number of piperidine rings is 1. The maximum atomic E-state index is 2.73. The number of nitrogens with zero attached hydrogens (tertiary/aromatic N) is 2. The van der Waals surface area contributed by atoms with Crippen LogP contribution in [0.5, 0.6) is 0 Å². The van der Waals surface area contributed by atoms with Crippen molar-refractivity contribution in [2.75, 3.05) is 31.1 Å². The molecule has 1 aromatic carbocycles. The smallest absolute Gasteiger partial charge is 0.0366 e. The first-order chi connectivity index (χ1) is 10.0. The van der Waals surface area contributed by atoms with Crippen LogP contribution in [0.25, 0.3) is 0 Å². The molecule has 1 atom stereocenters. The Bertz CT molecular complexity index is 457. The van der Waals surface area contributed by atoms with E-state index in [2.05, 4.69) is 54.8 Å². The number of anilines is 1. The zero-order chi connectivity index (χ0) is 14.9. The van der Waals surface area contributed by atoms with Gasteiger partial charge in [0, 0.05) is 31.4 Å². The number of benzene rings is 1. The standard InChI is InChI=1S/C19H30N2/c1-19(2,3)16-8-10-17(11-9-16)21-14-6-13-20-12-5-4-7-18(20)15-21/h8-11,18H,4-7,12-15H2,1-3H3. The van der Waals surface area contributed by atoms with E-state index < -0.39 is 0 Å². The molecule has 2 nitrogen and oxygen atoms in total. The first-order valence-corrected chi connectivity index (χ1v) is 8.63. The third-order valence-corrected chi connectivity index (χ3v) is 5.15. The lowest BCUT2D eigenvalue weighted by atomic mass is 9.87. The van der Waals surface area contributed by atoms with Gasteiger partial charge in [0.05, 0.1) is 0 Å². The molecule has 1 unspecified atom stereocenters. The maximum absolute atomic E-state index is 2.73.